The molecular formula is C19H14Cl2N4O2S. The Kier molecular flexibility index (Phi) is 5.30. The molecule has 0 atom stereocenters. The topological polar surface area (TPSA) is 76.0 Å². The zero-order valence-electron chi connectivity index (χ0n) is 14.4. The van der Waals surface area contributed by atoms with Gasteiger partial charge >= 0.3 is 0 Å². The van der Waals surface area contributed by atoms with Gasteiger partial charge in [0.1, 0.15) is 5.82 Å². The number of hydrogen-bond donors (Lipinski definition) is 2. The number of nitrogens with zero attached hydrogens (tertiary/aromatic N) is 2. The van der Waals surface area contributed by atoms with Crippen molar-refractivity contribution in [2.75, 3.05) is 16.4 Å². The maximum Gasteiger partial charge on any atom is 0.256 e. The number of nitrogens with one attached hydrogen (secondary N) is 2. The number of aromatic nitrogens is 2. The van der Waals surface area contributed by atoms with E-state index in [1.54, 1.807) is 35.1 Å². The van der Waals surface area contributed by atoms with Crippen LogP contribution in [0.1, 0.15) is 15.9 Å². The molecule has 142 valence electrons. The Balaban J connectivity index is 1.53. The second-order valence-corrected chi connectivity index (χ2v) is 7.89. The lowest BCUT2D eigenvalue weighted by Gasteiger charge is -2.17. The first-order valence-electron chi connectivity index (χ1n) is 8.34. The number of hydrogen-bond acceptors (Lipinski definition) is 4. The molecule has 2 amide bonds. The minimum absolute atomic E-state index is 0.0773. The number of thioether (sulfide) groups is 1. The van der Waals surface area contributed by atoms with Gasteiger partial charge in [0.15, 0.2) is 0 Å². The molecule has 2 N–H and O–H groups in total. The van der Waals surface area contributed by atoms with Crippen molar-refractivity contribution in [2.24, 2.45) is 0 Å². The average Bonchev–Trinajstić information content (AvgIpc) is 3.11. The van der Waals surface area contributed by atoms with E-state index in [1.807, 2.05) is 18.2 Å². The first kappa shape index (κ1) is 18.9. The predicted molar refractivity (Wildman–Crippen MR) is 112 cm³/mol. The SMILES string of the molecule is O=C1CSc2ccc(C(=O)Nc3ccnn3Cc3cccc(Cl)c3Cl)cc2N1. The van der Waals surface area contributed by atoms with Crippen molar-refractivity contribution in [3.63, 3.8) is 0 Å². The molecule has 6 nitrogen and oxygen atoms in total. The van der Waals surface area contributed by atoms with E-state index in [-0.39, 0.29) is 11.8 Å². The fourth-order valence-corrected chi connectivity index (χ4v) is 3.98. The number of amides is 2. The Morgan fingerprint density at radius 1 is 1.25 bits per heavy atom. The third-order valence-electron chi connectivity index (χ3n) is 4.18. The summed E-state index contributed by atoms with van der Waals surface area (Å²) in [6, 6.07) is 12.3. The third-order valence-corrected chi connectivity index (χ3v) is 6.12. The summed E-state index contributed by atoms with van der Waals surface area (Å²) in [6.07, 6.45) is 1.60. The zero-order chi connectivity index (χ0) is 19.7. The highest BCUT2D eigenvalue weighted by atomic mass is 35.5. The summed E-state index contributed by atoms with van der Waals surface area (Å²) in [4.78, 5) is 25.2. The molecule has 1 aliphatic rings. The summed E-state index contributed by atoms with van der Waals surface area (Å²) in [5, 5.41) is 10.8. The van der Waals surface area contributed by atoms with E-state index in [9.17, 15) is 9.59 Å². The summed E-state index contributed by atoms with van der Waals surface area (Å²) < 4.78 is 1.63. The first-order valence-corrected chi connectivity index (χ1v) is 10.1. The van der Waals surface area contributed by atoms with Gasteiger partial charge in [-0.15, -0.1) is 11.8 Å². The summed E-state index contributed by atoms with van der Waals surface area (Å²) in [7, 11) is 0. The van der Waals surface area contributed by atoms with E-state index in [1.165, 1.54) is 11.8 Å². The van der Waals surface area contributed by atoms with Crippen LogP contribution in [0.3, 0.4) is 0 Å². The normalized spacial score (nSPS) is 13.0. The minimum Gasteiger partial charge on any atom is -0.324 e. The standard InChI is InChI=1S/C19H14Cl2N4O2S/c20-13-3-1-2-12(18(13)21)9-25-16(6-7-22-25)24-19(27)11-4-5-15-14(8-11)23-17(26)10-28-15/h1-8H,9-10H2,(H,23,26)(H,24,27). The van der Waals surface area contributed by atoms with E-state index in [2.05, 4.69) is 15.7 Å². The molecule has 1 aliphatic heterocycles. The van der Waals surface area contributed by atoms with E-state index < -0.39 is 0 Å². The maximum absolute atomic E-state index is 12.7. The molecule has 0 aliphatic carbocycles. The van der Waals surface area contributed by atoms with Crippen molar-refractivity contribution in [1.29, 1.82) is 0 Å². The van der Waals surface area contributed by atoms with Gasteiger partial charge in [-0.3, -0.25) is 9.59 Å². The van der Waals surface area contributed by atoms with Gasteiger partial charge in [-0.25, -0.2) is 4.68 Å². The molecule has 2 heterocycles. The second kappa shape index (κ2) is 7.87. The van der Waals surface area contributed by atoms with Crippen molar-refractivity contribution < 1.29 is 9.59 Å². The molecule has 0 spiro atoms. The van der Waals surface area contributed by atoms with Crippen molar-refractivity contribution >= 4 is 58.3 Å². The number of anilines is 2. The molecule has 0 saturated carbocycles. The molecule has 4 rings (SSSR count). The lowest BCUT2D eigenvalue weighted by Crippen LogP contribution is -2.20. The van der Waals surface area contributed by atoms with E-state index in [0.29, 0.717) is 39.4 Å². The number of carbonyl (C=O) groups excluding carboxylic acids is 2. The number of carbonyl (C=O) groups is 2. The Morgan fingerprint density at radius 3 is 2.96 bits per heavy atom. The molecule has 3 aromatic rings. The predicted octanol–water partition coefficient (Wildman–Crippen LogP) is 4.53. The Morgan fingerprint density at radius 2 is 2.11 bits per heavy atom. The number of benzene rings is 2. The molecule has 0 saturated heterocycles. The average molecular weight is 433 g/mol. The number of fused-ring (bicyclic) bond motifs is 1. The van der Waals surface area contributed by atoms with Crippen molar-refractivity contribution in [1.82, 2.24) is 9.78 Å². The van der Waals surface area contributed by atoms with Crippen LogP contribution in [-0.4, -0.2) is 27.3 Å². The monoisotopic (exact) mass is 432 g/mol. The summed E-state index contributed by atoms with van der Waals surface area (Å²) in [6.45, 7) is 0.360. The molecule has 2 aromatic carbocycles. The Hall–Kier alpha value is -2.48. The molecule has 0 bridgehead atoms. The molecule has 0 radical (unpaired) electrons. The molecule has 9 heteroatoms. The van der Waals surface area contributed by atoms with Crippen LogP contribution in [0.4, 0.5) is 11.5 Å². The van der Waals surface area contributed by atoms with Gasteiger partial charge in [0, 0.05) is 16.5 Å². The number of halogens is 2. The van der Waals surface area contributed by atoms with E-state index in [4.69, 9.17) is 23.2 Å². The van der Waals surface area contributed by atoms with Gasteiger partial charge in [0.2, 0.25) is 5.91 Å². The van der Waals surface area contributed by atoms with Crippen LogP contribution in [-0.2, 0) is 11.3 Å². The van der Waals surface area contributed by atoms with Crippen molar-refractivity contribution in [3.05, 3.63) is 69.8 Å². The van der Waals surface area contributed by atoms with Crippen LogP contribution >= 0.6 is 35.0 Å². The zero-order valence-corrected chi connectivity index (χ0v) is 16.7. The summed E-state index contributed by atoms with van der Waals surface area (Å²) in [5.74, 6) is 0.527. The quantitative estimate of drug-likeness (QED) is 0.634. The first-order chi connectivity index (χ1) is 13.5. The van der Waals surface area contributed by atoms with Crippen LogP contribution in [0.25, 0.3) is 0 Å². The highest BCUT2D eigenvalue weighted by Crippen LogP contribution is 2.32. The van der Waals surface area contributed by atoms with Crippen LogP contribution in [0.2, 0.25) is 10.0 Å². The van der Waals surface area contributed by atoms with Gasteiger partial charge in [0.25, 0.3) is 5.91 Å². The van der Waals surface area contributed by atoms with Gasteiger partial charge in [-0.1, -0.05) is 35.3 Å². The molecule has 0 unspecified atom stereocenters. The van der Waals surface area contributed by atoms with Crippen LogP contribution in [0, 0.1) is 0 Å². The van der Waals surface area contributed by atoms with Gasteiger partial charge in [-0.2, -0.15) is 5.10 Å². The second-order valence-electron chi connectivity index (χ2n) is 6.09. The highest BCUT2D eigenvalue weighted by molar-refractivity contribution is 8.00. The summed E-state index contributed by atoms with van der Waals surface area (Å²) in [5.41, 5.74) is 1.88. The van der Waals surface area contributed by atoms with E-state index in [0.717, 1.165) is 10.5 Å². The minimum atomic E-state index is -0.299. The smallest absolute Gasteiger partial charge is 0.256 e. The lowest BCUT2D eigenvalue weighted by molar-refractivity contribution is -0.113. The Labute approximate surface area is 175 Å². The molecular weight excluding hydrogens is 419 g/mol. The molecule has 0 fully saturated rings. The number of rotatable bonds is 4. The van der Waals surface area contributed by atoms with Crippen LogP contribution in [0.5, 0.6) is 0 Å². The van der Waals surface area contributed by atoms with Crippen LogP contribution < -0.4 is 10.6 Å². The highest BCUT2D eigenvalue weighted by Gasteiger charge is 2.18. The van der Waals surface area contributed by atoms with Gasteiger partial charge < -0.3 is 10.6 Å². The van der Waals surface area contributed by atoms with Gasteiger partial charge in [0.05, 0.1) is 34.2 Å². The maximum atomic E-state index is 12.7. The fourth-order valence-electron chi connectivity index (χ4n) is 2.81. The molecule has 1 aromatic heterocycles. The largest absolute Gasteiger partial charge is 0.324 e. The Bertz CT molecular complexity index is 1080. The summed E-state index contributed by atoms with van der Waals surface area (Å²) >= 11 is 13.8. The lowest BCUT2D eigenvalue weighted by atomic mass is 10.2. The van der Waals surface area contributed by atoms with Crippen LogP contribution in [0.15, 0.2) is 53.6 Å². The van der Waals surface area contributed by atoms with E-state index >= 15 is 0 Å². The van der Waals surface area contributed by atoms with Crippen molar-refractivity contribution in [3.8, 4) is 0 Å². The molecule has 28 heavy (non-hydrogen) atoms. The third kappa shape index (κ3) is 3.87. The van der Waals surface area contributed by atoms with Crippen molar-refractivity contribution in [2.45, 2.75) is 11.4 Å². The fraction of sp³-hybridized carbons (Fsp3) is 0.105. The van der Waals surface area contributed by atoms with Gasteiger partial charge in [-0.05, 0) is 29.8 Å².